The van der Waals surface area contributed by atoms with Gasteiger partial charge in [-0.05, 0) is 55.5 Å². The number of hydrogen-bond donors (Lipinski definition) is 1. The van der Waals surface area contributed by atoms with Crippen LogP contribution < -0.4 is 10.2 Å². The van der Waals surface area contributed by atoms with Crippen LogP contribution in [0.4, 0.5) is 11.4 Å². The second kappa shape index (κ2) is 9.17. The molecule has 7 heteroatoms. The third kappa shape index (κ3) is 4.41. The highest BCUT2D eigenvalue weighted by Gasteiger charge is 2.26. The minimum atomic E-state index is -0.317. The largest absolute Gasteiger partial charge is 0.360 e. The highest BCUT2D eigenvalue weighted by atomic mass is 35.5. The summed E-state index contributed by atoms with van der Waals surface area (Å²) in [5.74, 6) is 0.772. The van der Waals surface area contributed by atoms with Crippen molar-refractivity contribution in [1.29, 1.82) is 0 Å². The molecule has 1 aliphatic heterocycles. The molecular weight excluding hydrogens is 426 g/mol. The Labute approximate surface area is 192 Å². The second-order valence-corrected chi connectivity index (χ2v) is 8.87. The first-order valence-corrected chi connectivity index (χ1v) is 11.2. The van der Waals surface area contributed by atoms with E-state index in [2.05, 4.69) is 24.3 Å². The topological polar surface area (TPSA) is 75.4 Å². The summed E-state index contributed by atoms with van der Waals surface area (Å²) < 4.78 is 5.31. The molecule has 0 atom stereocenters. The Hall–Kier alpha value is -3.12. The maximum atomic E-state index is 13.1. The van der Waals surface area contributed by atoms with Crippen molar-refractivity contribution < 1.29 is 14.1 Å². The van der Waals surface area contributed by atoms with Crippen LogP contribution >= 0.6 is 11.6 Å². The molecule has 0 bridgehead atoms. The fourth-order valence-corrected chi connectivity index (χ4v) is 4.17. The number of aryl methyl sites for hydroxylation is 2. The lowest BCUT2D eigenvalue weighted by Crippen LogP contribution is -2.36. The summed E-state index contributed by atoms with van der Waals surface area (Å²) >= 11 is 6.31. The summed E-state index contributed by atoms with van der Waals surface area (Å²) in [4.78, 5) is 27.5. The molecule has 1 aromatic heterocycles. The van der Waals surface area contributed by atoms with Crippen LogP contribution in [0.15, 0.2) is 47.0 Å². The number of benzene rings is 2. The van der Waals surface area contributed by atoms with Crippen LogP contribution in [-0.2, 0) is 11.2 Å². The van der Waals surface area contributed by atoms with Gasteiger partial charge in [-0.3, -0.25) is 9.59 Å². The van der Waals surface area contributed by atoms with Crippen LogP contribution in [-0.4, -0.2) is 23.5 Å². The van der Waals surface area contributed by atoms with Gasteiger partial charge >= 0.3 is 0 Å². The minimum Gasteiger partial charge on any atom is -0.360 e. The number of halogens is 1. The molecule has 0 saturated heterocycles. The molecule has 2 heterocycles. The van der Waals surface area contributed by atoms with E-state index in [-0.39, 0.29) is 11.8 Å². The maximum absolute atomic E-state index is 13.1. The normalized spacial score (nSPS) is 13.4. The highest BCUT2D eigenvalue weighted by molar-refractivity contribution is 6.33. The molecule has 3 aromatic rings. The van der Waals surface area contributed by atoms with Gasteiger partial charge in [0.15, 0.2) is 0 Å². The van der Waals surface area contributed by atoms with Crippen LogP contribution in [0.1, 0.15) is 48.4 Å². The van der Waals surface area contributed by atoms with Gasteiger partial charge < -0.3 is 14.7 Å². The zero-order valence-electron chi connectivity index (χ0n) is 18.4. The monoisotopic (exact) mass is 451 g/mol. The molecule has 1 aliphatic rings. The Bertz CT molecular complexity index is 1170. The van der Waals surface area contributed by atoms with Crippen molar-refractivity contribution in [2.75, 3.05) is 16.8 Å². The predicted molar refractivity (Wildman–Crippen MR) is 126 cm³/mol. The molecular formula is C25H26ClN3O3. The fraction of sp³-hybridized carbons (Fsp3) is 0.320. The first kappa shape index (κ1) is 22.1. The summed E-state index contributed by atoms with van der Waals surface area (Å²) in [7, 11) is 0. The smallest absolute Gasteiger partial charge is 0.261 e. The average molecular weight is 452 g/mol. The summed E-state index contributed by atoms with van der Waals surface area (Å²) in [6.45, 7) is 6.71. The SMILES string of the molecule is Cc1onc(-c2ccccc2Cl)c1C(=O)Nc1ccc2c(c1)CCC(=O)N2CCC(C)C. The van der Waals surface area contributed by atoms with E-state index in [4.69, 9.17) is 16.1 Å². The van der Waals surface area contributed by atoms with E-state index in [1.54, 1.807) is 19.1 Å². The van der Waals surface area contributed by atoms with Crippen LogP contribution in [0.3, 0.4) is 0 Å². The van der Waals surface area contributed by atoms with Crippen LogP contribution in [0, 0.1) is 12.8 Å². The Morgan fingerprint density at radius 2 is 2.00 bits per heavy atom. The average Bonchev–Trinajstić information content (AvgIpc) is 3.14. The molecule has 6 nitrogen and oxygen atoms in total. The van der Waals surface area contributed by atoms with Crippen molar-refractivity contribution in [3.8, 4) is 11.3 Å². The number of fused-ring (bicyclic) bond motifs is 1. The molecule has 0 aliphatic carbocycles. The van der Waals surface area contributed by atoms with Gasteiger partial charge in [0.1, 0.15) is 17.0 Å². The summed E-state index contributed by atoms with van der Waals surface area (Å²) in [5.41, 5.74) is 4.05. The summed E-state index contributed by atoms with van der Waals surface area (Å²) in [6, 6.07) is 12.9. The Balaban J connectivity index is 1.59. The number of amides is 2. The summed E-state index contributed by atoms with van der Waals surface area (Å²) in [6.07, 6.45) is 2.08. The predicted octanol–water partition coefficient (Wildman–Crippen LogP) is 5.88. The zero-order valence-corrected chi connectivity index (χ0v) is 19.2. The maximum Gasteiger partial charge on any atom is 0.261 e. The quantitative estimate of drug-likeness (QED) is 0.507. The van der Waals surface area contributed by atoms with Gasteiger partial charge in [-0.1, -0.05) is 48.8 Å². The van der Waals surface area contributed by atoms with Crippen LogP contribution in [0.25, 0.3) is 11.3 Å². The molecule has 0 spiro atoms. The van der Waals surface area contributed by atoms with Crippen molar-refractivity contribution >= 4 is 34.8 Å². The molecule has 166 valence electrons. The Morgan fingerprint density at radius 3 is 2.75 bits per heavy atom. The van der Waals surface area contributed by atoms with Crippen LogP contribution in [0.2, 0.25) is 5.02 Å². The van der Waals surface area contributed by atoms with E-state index in [0.717, 1.165) is 17.7 Å². The van der Waals surface area contributed by atoms with Crippen molar-refractivity contribution in [3.63, 3.8) is 0 Å². The van der Waals surface area contributed by atoms with Gasteiger partial charge in [0, 0.05) is 29.9 Å². The van der Waals surface area contributed by atoms with Gasteiger partial charge in [-0.25, -0.2) is 0 Å². The van der Waals surface area contributed by atoms with Gasteiger partial charge in [0.25, 0.3) is 5.91 Å². The van der Waals surface area contributed by atoms with Crippen molar-refractivity contribution in [2.24, 2.45) is 5.92 Å². The first-order chi connectivity index (χ1) is 15.3. The first-order valence-electron chi connectivity index (χ1n) is 10.8. The standard InChI is InChI=1S/C25H26ClN3O3/c1-15(2)12-13-29-21-10-9-18(14-17(21)8-11-22(29)30)27-25(31)23-16(3)32-28-24(23)19-6-4-5-7-20(19)26/h4-7,9-10,14-15H,8,11-13H2,1-3H3,(H,27,31). The molecule has 2 amide bonds. The Kier molecular flexibility index (Phi) is 6.33. The van der Waals surface area contributed by atoms with E-state index in [9.17, 15) is 9.59 Å². The van der Waals surface area contributed by atoms with Gasteiger partial charge in [0.2, 0.25) is 5.91 Å². The molecule has 32 heavy (non-hydrogen) atoms. The van der Waals surface area contributed by atoms with Gasteiger partial charge in [-0.2, -0.15) is 0 Å². The third-order valence-corrected chi connectivity index (χ3v) is 6.02. The molecule has 1 N–H and O–H groups in total. The number of nitrogens with one attached hydrogen (secondary N) is 1. The molecule has 0 radical (unpaired) electrons. The van der Waals surface area contributed by atoms with E-state index in [1.807, 2.05) is 35.2 Å². The molecule has 0 saturated carbocycles. The van der Waals surface area contributed by atoms with Crippen molar-refractivity contribution in [1.82, 2.24) is 5.16 Å². The number of hydrogen-bond acceptors (Lipinski definition) is 4. The Morgan fingerprint density at radius 1 is 1.22 bits per heavy atom. The number of carbonyl (C=O) groups excluding carboxylic acids is 2. The number of aromatic nitrogens is 1. The van der Waals surface area contributed by atoms with E-state index >= 15 is 0 Å². The lowest BCUT2D eigenvalue weighted by Gasteiger charge is -2.30. The number of anilines is 2. The number of rotatable bonds is 6. The van der Waals surface area contributed by atoms with Crippen molar-refractivity contribution in [3.05, 3.63) is 64.4 Å². The summed E-state index contributed by atoms with van der Waals surface area (Å²) in [5, 5.41) is 7.52. The molecule has 0 unspecified atom stereocenters. The van der Waals surface area contributed by atoms with Gasteiger partial charge in [0.05, 0.1) is 5.02 Å². The van der Waals surface area contributed by atoms with E-state index < -0.39 is 0 Å². The van der Waals surface area contributed by atoms with Gasteiger partial charge in [-0.15, -0.1) is 0 Å². The van der Waals surface area contributed by atoms with Crippen LogP contribution in [0.5, 0.6) is 0 Å². The lowest BCUT2D eigenvalue weighted by molar-refractivity contribution is -0.118. The second-order valence-electron chi connectivity index (χ2n) is 8.47. The van der Waals surface area contributed by atoms with E-state index in [1.165, 1.54) is 0 Å². The molecule has 2 aromatic carbocycles. The number of nitrogens with zero attached hydrogens (tertiary/aromatic N) is 2. The highest BCUT2D eigenvalue weighted by Crippen LogP contribution is 2.33. The lowest BCUT2D eigenvalue weighted by atomic mass is 9.99. The third-order valence-electron chi connectivity index (χ3n) is 5.69. The minimum absolute atomic E-state index is 0.152. The number of carbonyl (C=O) groups is 2. The van der Waals surface area contributed by atoms with Crippen molar-refractivity contribution in [2.45, 2.75) is 40.0 Å². The zero-order chi connectivity index (χ0) is 22.8. The van der Waals surface area contributed by atoms with E-state index in [0.29, 0.717) is 58.6 Å². The molecule has 4 rings (SSSR count). The molecule has 0 fully saturated rings. The fourth-order valence-electron chi connectivity index (χ4n) is 3.94.